The quantitative estimate of drug-likeness (QED) is 0.804. The Bertz CT molecular complexity index is 600. The molecule has 0 bridgehead atoms. The number of carbonyl (C=O) groups is 2. The van der Waals surface area contributed by atoms with Crippen molar-refractivity contribution in [3.05, 3.63) is 35.4 Å². The molecule has 0 radical (unpaired) electrons. The van der Waals surface area contributed by atoms with Crippen LogP contribution < -0.4 is 10.6 Å². The highest BCUT2D eigenvalue weighted by Gasteiger charge is 2.51. The number of piperidine rings is 1. The zero-order chi connectivity index (χ0) is 15.0. The highest BCUT2D eigenvalue weighted by Crippen LogP contribution is 2.28. The van der Waals surface area contributed by atoms with Gasteiger partial charge in [-0.05, 0) is 32.0 Å². The predicted octanol–water partition coefficient (Wildman–Crippen LogP) is 1.14. The largest absolute Gasteiger partial charge is 0.325 e. The molecule has 112 valence electrons. The van der Waals surface area contributed by atoms with E-state index in [0.717, 1.165) is 17.0 Å². The lowest BCUT2D eigenvalue weighted by atomic mass is 9.88. The summed E-state index contributed by atoms with van der Waals surface area (Å²) in [6.07, 6.45) is 1.03. The predicted molar refractivity (Wildman–Crippen MR) is 70.3 cm³/mol. The summed E-state index contributed by atoms with van der Waals surface area (Å²) in [6, 6.07) is 2.58. The van der Waals surface area contributed by atoms with Crippen molar-refractivity contribution < 1.29 is 18.4 Å². The monoisotopic (exact) mass is 295 g/mol. The molecule has 2 saturated heterocycles. The zero-order valence-electron chi connectivity index (χ0n) is 11.3. The molecule has 2 aliphatic rings. The number of amides is 3. The van der Waals surface area contributed by atoms with Crippen LogP contribution in [-0.4, -0.2) is 35.5 Å². The molecule has 2 heterocycles. The van der Waals surface area contributed by atoms with Crippen molar-refractivity contribution in [2.24, 2.45) is 0 Å². The molecule has 1 aromatic rings. The molecule has 3 rings (SSSR count). The number of nitrogens with one attached hydrogen (secondary N) is 2. The van der Waals surface area contributed by atoms with Crippen LogP contribution in [0.5, 0.6) is 0 Å². The third-order valence-electron chi connectivity index (χ3n) is 4.05. The number of hydrogen-bond acceptors (Lipinski definition) is 3. The number of urea groups is 1. The molecule has 0 saturated carbocycles. The van der Waals surface area contributed by atoms with E-state index in [1.165, 1.54) is 6.07 Å². The van der Waals surface area contributed by atoms with Gasteiger partial charge in [-0.1, -0.05) is 6.07 Å². The number of carbonyl (C=O) groups excluding carboxylic acids is 2. The van der Waals surface area contributed by atoms with Gasteiger partial charge in [0.25, 0.3) is 5.91 Å². The summed E-state index contributed by atoms with van der Waals surface area (Å²) in [5.41, 5.74) is -0.760. The van der Waals surface area contributed by atoms with Crippen LogP contribution in [0.4, 0.5) is 13.6 Å². The lowest BCUT2D eigenvalue weighted by Gasteiger charge is -2.31. The minimum atomic E-state index is -0.876. The molecule has 2 aliphatic heterocycles. The Balaban J connectivity index is 1.82. The Kier molecular flexibility index (Phi) is 3.36. The van der Waals surface area contributed by atoms with Crippen LogP contribution in [-0.2, 0) is 11.3 Å². The van der Waals surface area contributed by atoms with Gasteiger partial charge in [0, 0.05) is 11.6 Å². The summed E-state index contributed by atoms with van der Waals surface area (Å²) in [5, 5.41) is 5.85. The molecule has 3 amide bonds. The lowest BCUT2D eigenvalue weighted by Crippen LogP contribution is -2.53. The van der Waals surface area contributed by atoms with E-state index in [0.29, 0.717) is 25.9 Å². The first-order valence-electron chi connectivity index (χ1n) is 6.81. The second-order valence-electron chi connectivity index (χ2n) is 5.39. The van der Waals surface area contributed by atoms with Gasteiger partial charge in [-0.25, -0.2) is 13.6 Å². The minimum Gasteiger partial charge on any atom is -0.323 e. The highest BCUT2D eigenvalue weighted by molar-refractivity contribution is 6.07. The van der Waals surface area contributed by atoms with Gasteiger partial charge < -0.3 is 10.6 Å². The van der Waals surface area contributed by atoms with E-state index in [9.17, 15) is 18.4 Å². The van der Waals surface area contributed by atoms with Crippen LogP contribution in [0.1, 0.15) is 18.4 Å². The van der Waals surface area contributed by atoms with Crippen LogP contribution in [0.3, 0.4) is 0 Å². The standard InChI is InChI=1S/C14H15F2N3O2/c15-10-2-1-9(11(16)7-10)8-19-12(20)14(18-13(19)21)3-5-17-6-4-14/h1-2,7,17H,3-6,8H2,(H,18,21). The maximum atomic E-state index is 13.7. The summed E-state index contributed by atoms with van der Waals surface area (Å²) < 4.78 is 26.6. The van der Waals surface area contributed by atoms with Gasteiger partial charge in [0.2, 0.25) is 0 Å². The van der Waals surface area contributed by atoms with Crippen LogP contribution in [0.15, 0.2) is 18.2 Å². The van der Waals surface area contributed by atoms with Gasteiger partial charge in [0.1, 0.15) is 17.2 Å². The van der Waals surface area contributed by atoms with Gasteiger partial charge >= 0.3 is 6.03 Å². The maximum Gasteiger partial charge on any atom is 0.325 e. The number of nitrogens with zero attached hydrogens (tertiary/aromatic N) is 1. The molecule has 21 heavy (non-hydrogen) atoms. The van der Waals surface area contributed by atoms with Crippen molar-refractivity contribution in [3.63, 3.8) is 0 Å². The van der Waals surface area contributed by atoms with E-state index in [4.69, 9.17) is 0 Å². The summed E-state index contributed by atoms with van der Waals surface area (Å²) in [4.78, 5) is 25.5. The Labute approximate surface area is 120 Å². The number of halogens is 2. The Morgan fingerprint density at radius 3 is 2.57 bits per heavy atom. The summed E-state index contributed by atoms with van der Waals surface area (Å²) in [6.45, 7) is 1.10. The first-order valence-corrected chi connectivity index (χ1v) is 6.81. The Morgan fingerprint density at radius 2 is 1.90 bits per heavy atom. The summed E-state index contributed by atoms with van der Waals surface area (Å²) >= 11 is 0. The minimum absolute atomic E-state index is 0.117. The lowest BCUT2D eigenvalue weighted by molar-refractivity contribution is -0.132. The fraction of sp³-hybridized carbons (Fsp3) is 0.429. The highest BCUT2D eigenvalue weighted by atomic mass is 19.1. The molecule has 1 spiro atoms. The normalized spacial score (nSPS) is 21.0. The third kappa shape index (κ3) is 2.37. The van der Waals surface area contributed by atoms with Crippen LogP contribution in [0.2, 0.25) is 0 Å². The number of rotatable bonds is 2. The second-order valence-corrected chi connectivity index (χ2v) is 5.39. The van der Waals surface area contributed by atoms with Crippen molar-refractivity contribution in [2.45, 2.75) is 24.9 Å². The van der Waals surface area contributed by atoms with E-state index < -0.39 is 23.2 Å². The van der Waals surface area contributed by atoms with Gasteiger partial charge in [-0.2, -0.15) is 0 Å². The van der Waals surface area contributed by atoms with E-state index in [1.54, 1.807) is 0 Å². The fourth-order valence-electron chi connectivity index (χ4n) is 2.83. The molecule has 1 aromatic carbocycles. The number of imide groups is 1. The van der Waals surface area contributed by atoms with Crippen molar-refractivity contribution in [3.8, 4) is 0 Å². The van der Waals surface area contributed by atoms with Crippen molar-refractivity contribution in [2.75, 3.05) is 13.1 Å². The summed E-state index contributed by atoms with van der Waals surface area (Å²) in [7, 11) is 0. The average molecular weight is 295 g/mol. The van der Waals surface area contributed by atoms with Gasteiger partial charge in [-0.3, -0.25) is 9.69 Å². The topological polar surface area (TPSA) is 61.4 Å². The second kappa shape index (κ2) is 5.07. The van der Waals surface area contributed by atoms with Crippen molar-refractivity contribution in [1.82, 2.24) is 15.5 Å². The molecular weight excluding hydrogens is 280 g/mol. The van der Waals surface area contributed by atoms with E-state index in [1.807, 2.05) is 0 Å². The molecule has 0 atom stereocenters. The maximum absolute atomic E-state index is 13.7. The smallest absolute Gasteiger partial charge is 0.323 e. The van der Waals surface area contributed by atoms with E-state index in [2.05, 4.69) is 10.6 Å². The summed E-state index contributed by atoms with van der Waals surface area (Å²) in [5.74, 6) is -1.79. The van der Waals surface area contributed by atoms with E-state index >= 15 is 0 Å². The molecule has 0 unspecified atom stereocenters. The van der Waals surface area contributed by atoms with Crippen LogP contribution in [0, 0.1) is 11.6 Å². The van der Waals surface area contributed by atoms with Gasteiger partial charge in [-0.15, -0.1) is 0 Å². The SMILES string of the molecule is O=C1NC2(CCNCC2)C(=O)N1Cc1ccc(F)cc1F. The van der Waals surface area contributed by atoms with E-state index in [-0.39, 0.29) is 18.0 Å². The van der Waals surface area contributed by atoms with Crippen LogP contribution in [0.25, 0.3) is 0 Å². The molecule has 2 fully saturated rings. The van der Waals surface area contributed by atoms with Crippen molar-refractivity contribution in [1.29, 1.82) is 0 Å². The number of hydrogen-bond donors (Lipinski definition) is 2. The Morgan fingerprint density at radius 1 is 1.19 bits per heavy atom. The van der Waals surface area contributed by atoms with Crippen molar-refractivity contribution >= 4 is 11.9 Å². The zero-order valence-corrected chi connectivity index (χ0v) is 11.3. The first-order chi connectivity index (χ1) is 10.0. The molecule has 7 heteroatoms. The third-order valence-corrected chi connectivity index (χ3v) is 4.05. The van der Waals surface area contributed by atoms with Gasteiger partial charge in [0.15, 0.2) is 0 Å². The molecule has 0 aromatic heterocycles. The Hall–Kier alpha value is -2.02. The molecule has 0 aliphatic carbocycles. The molecular formula is C14H15F2N3O2. The molecule has 2 N–H and O–H groups in total. The fourth-order valence-corrected chi connectivity index (χ4v) is 2.83. The van der Waals surface area contributed by atoms with Gasteiger partial charge in [0.05, 0.1) is 6.54 Å². The first kappa shape index (κ1) is 13.9. The molecule has 5 nitrogen and oxygen atoms in total. The number of benzene rings is 1. The van der Waals surface area contributed by atoms with Crippen LogP contribution >= 0.6 is 0 Å². The average Bonchev–Trinajstić information content (AvgIpc) is 2.67.